The van der Waals surface area contributed by atoms with Crippen LogP contribution in [0.3, 0.4) is 0 Å². The zero-order chi connectivity index (χ0) is 22.3. The molecule has 1 aromatic carbocycles. The average Bonchev–Trinajstić information content (AvgIpc) is 2.79. The summed E-state index contributed by atoms with van der Waals surface area (Å²) in [6.45, 7) is 1.73. The predicted octanol–water partition coefficient (Wildman–Crippen LogP) is 1.20. The standard InChI is InChI=1S/C20H24FN3O6S/c1-28-10-11-30-19-5-2-15(13-22-19)14-23-20(25)16-3-4-17(21)18(12-16)31(26,27)24-6-8-29-9-7-24/h2-5,12-13H,6-11,14H2,1H3,(H,23,25). The zero-order valence-electron chi connectivity index (χ0n) is 17.0. The van der Waals surface area contributed by atoms with Gasteiger partial charge in [-0.15, -0.1) is 0 Å². The molecule has 1 amide bonds. The van der Waals surface area contributed by atoms with Crippen LogP contribution in [0.1, 0.15) is 15.9 Å². The first kappa shape index (κ1) is 23.1. The highest BCUT2D eigenvalue weighted by Crippen LogP contribution is 2.22. The fraction of sp³-hybridized carbons (Fsp3) is 0.400. The van der Waals surface area contributed by atoms with Crippen LogP contribution < -0.4 is 10.1 Å². The maximum absolute atomic E-state index is 14.3. The van der Waals surface area contributed by atoms with Crippen LogP contribution in [0, 0.1) is 5.82 Å². The van der Waals surface area contributed by atoms with Gasteiger partial charge in [0.25, 0.3) is 5.91 Å². The van der Waals surface area contributed by atoms with Crippen molar-refractivity contribution < 1.29 is 31.8 Å². The summed E-state index contributed by atoms with van der Waals surface area (Å²) in [5, 5.41) is 2.67. The molecule has 0 saturated carbocycles. The van der Waals surface area contributed by atoms with Gasteiger partial charge in [0.05, 0.1) is 19.8 Å². The molecule has 11 heteroatoms. The average molecular weight is 453 g/mol. The Kier molecular flexibility index (Phi) is 7.91. The second-order valence-corrected chi connectivity index (χ2v) is 8.60. The lowest BCUT2D eigenvalue weighted by atomic mass is 10.2. The van der Waals surface area contributed by atoms with Crippen molar-refractivity contribution in [3.8, 4) is 5.88 Å². The number of rotatable bonds is 9. The third-order valence-electron chi connectivity index (χ3n) is 4.57. The highest BCUT2D eigenvalue weighted by atomic mass is 32.2. The van der Waals surface area contributed by atoms with Gasteiger partial charge in [0, 0.05) is 44.6 Å². The number of amides is 1. The van der Waals surface area contributed by atoms with Gasteiger partial charge in [-0.1, -0.05) is 6.07 Å². The SMILES string of the molecule is COCCOc1ccc(CNC(=O)c2ccc(F)c(S(=O)(=O)N3CCOCC3)c2)cn1. The van der Waals surface area contributed by atoms with Crippen LogP contribution in [0.15, 0.2) is 41.4 Å². The second-order valence-electron chi connectivity index (χ2n) is 6.69. The largest absolute Gasteiger partial charge is 0.475 e. The number of halogens is 1. The minimum absolute atomic E-state index is 0.0423. The lowest BCUT2D eigenvalue weighted by Crippen LogP contribution is -2.41. The molecule has 3 rings (SSSR count). The van der Waals surface area contributed by atoms with E-state index in [0.29, 0.717) is 19.1 Å². The van der Waals surface area contributed by atoms with Gasteiger partial charge in [0.1, 0.15) is 17.3 Å². The fourth-order valence-corrected chi connectivity index (χ4v) is 4.38. The first-order valence-corrected chi connectivity index (χ1v) is 11.1. The molecule has 0 bridgehead atoms. The molecule has 0 radical (unpaired) electrons. The molecule has 1 aliphatic heterocycles. The molecule has 2 aromatic rings. The molecule has 0 unspecified atom stereocenters. The molecule has 0 atom stereocenters. The summed E-state index contributed by atoms with van der Waals surface area (Å²) in [6.07, 6.45) is 1.56. The zero-order valence-corrected chi connectivity index (χ0v) is 17.9. The molecule has 1 aliphatic rings. The van der Waals surface area contributed by atoms with Crippen LogP contribution in [0.25, 0.3) is 0 Å². The molecule has 31 heavy (non-hydrogen) atoms. The number of ether oxygens (including phenoxy) is 3. The Hall–Kier alpha value is -2.60. The molecule has 1 N–H and O–H groups in total. The monoisotopic (exact) mass is 453 g/mol. The van der Waals surface area contributed by atoms with Gasteiger partial charge >= 0.3 is 0 Å². The molecular formula is C20H24FN3O6S. The van der Waals surface area contributed by atoms with E-state index in [2.05, 4.69) is 10.3 Å². The van der Waals surface area contributed by atoms with E-state index in [4.69, 9.17) is 14.2 Å². The van der Waals surface area contributed by atoms with Gasteiger partial charge in [-0.05, 0) is 23.8 Å². The van der Waals surface area contributed by atoms with Crippen LogP contribution in [-0.2, 0) is 26.0 Å². The number of benzene rings is 1. The summed E-state index contributed by atoms with van der Waals surface area (Å²) in [4.78, 5) is 16.1. The van der Waals surface area contributed by atoms with Gasteiger partial charge < -0.3 is 19.5 Å². The van der Waals surface area contributed by atoms with Crippen molar-refractivity contribution in [2.24, 2.45) is 0 Å². The number of morpholine rings is 1. The first-order valence-electron chi connectivity index (χ1n) is 9.64. The summed E-state index contributed by atoms with van der Waals surface area (Å²) < 4.78 is 56.4. The van der Waals surface area contributed by atoms with E-state index in [-0.39, 0.29) is 38.4 Å². The lowest BCUT2D eigenvalue weighted by Gasteiger charge is -2.26. The highest BCUT2D eigenvalue weighted by molar-refractivity contribution is 7.89. The van der Waals surface area contributed by atoms with Crippen LogP contribution in [0.5, 0.6) is 5.88 Å². The number of aromatic nitrogens is 1. The van der Waals surface area contributed by atoms with E-state index in [1.165, 1.54) is 6.07 Å². The second kappa shape index (κ2) is 10.6. The molecular weight excluding hydrogens is 429 g/mol. The Morgan fingerprint density at radius 3 is 2.68 bits per heavy atom. The van der Waals surface area contributed by atoms with E-state index in [1.54, 1.807) is 25.4 Å². The maximum atomic E-state index is 14.3. The number of hydrogen-bond donors (Lipinski definition) is 1. The smallest absolute Gasteiger partial charge is 0.251 e. The van der Waals surface area contributed by atoms with Gasteiger partial charge in [0.15, 0.2) is 0 Å². The quantitative estimate of drug-likeness (QED) is 0.569. The molecule has 168 valence electrons. The predicted molar refractivity (Wildman–Crippen MR) is 109 cm³/mol. The van der Waals surface area contributed by atoms with Crippen LogP contribution >= 0.6 is 0 Å². The number of hydrogen-bond acceptors (Lipinski definition) is 7. The summed E-state index contributed by atoms with van der Waals surface area (Å²) in [5.41, 5.74) is 0.761. The Bertz CT molecular complexity index is 994. The molecule has 2 heterocycles. The van der Waals surface area contributed by atoms with E-state index < -0.39 is 26.6 Å². The molecule has 9 nitrogen and oxygen atoms in total. The summed E-state index contributed by atoms with van der Waals surface area (Å²) >= 11 is 0. The molecule has 0 spiro atoms. The molecule has 1 saturated heterocycles. The first-order chi connectivity index (χ1) is 14.9. The van der Waals surface area contributed by atoms with E-state index in [9.17, 15) is 17.6 Å². The summed E-state index contributed by atoms with van der Waals surface area (Å²) in [5.74, 6) is -1.00. The number of carbonyl (C=O) groups is 1. The number of sulfonamides is 1. The number of methoxy groups -OCH3 is 1. The number of nitrogens with one attached hydrogen (secondary N) is 1. The third-order valence-corrected chi connectivity index (χ3v) is 6.48. The minimum Gasteiger partial charge on any atom is -0.475 e. The van der Waals surface area contributed by atoms with E-state index in [1.807, 2.05) is 0 Å². The van der Waals surface area contributed by atoms with E-state index in [0.717, 1.165) is 22.0 Å². The van der Waals surface area contributed by atoms with Crippen LogP contribution in [0.2, 0.25) is 0 Å². The van der Waals surface area contributed by atoms with Crippen molar-refractivity contribution in [3.63, 3.8) is 0 Å². The lowest BCUT2D eigenvalue weighted by molar-refractivity contribution is 0.0729. The summed E-state index contributed by atoms with van der Waals surface area (Å²) in [6, 6.07) is 6.70. The maximum Gasteiger partial charge on any atom is 0.251 e. The van der Waals surface area contributed by atoms with Gasteiger partial charge in [-0.25, -0.2) is 17.8 Å². The highest BCUT2D eigenvalue weighted by Gasteiger charge is 2.29. The number of pyridine rings is 1. The normalized spacial score (nSPS) is 14.9. The van der Waals surface area contributed by atoms with Crippen molar-refractivity contribution in [2.45, 2.75) is 11.4 Å². The Morgan fingerprint density at radius 1 is 1.23 bits per heavy atom. The Morgan fingerprint density at radius 2 is 2.00 bits per heavy atom. The van der Waals surface area contributed by atoms with Gasteiger partial charge in [0.2, 0.25) is 15.9 Å². The number of carbonyl (C=O) groups excluding carboxylic acids is 1. The van der Waals surface area contributed by atoms with Crippen molar-refractivity contribution >= 4 is 15.9 Å². The van der Waals surface area contributed by atoms with Crippen LogP contribution in [-0.4, -0.2) is 70.2 Å². The van der Waals surface area contributed by atoms with Crippen molar-refractivity contribution in [1.29, 1.82) is 0 Å². The third kappa shape index (κ3) is 5.97. The van der Waals surface area contributed by atoms with Crippen LogP contribution in [0.4, 0.5) is 4.39 Å². The fourth-order valence-electron chi connectivity index (χ4n) is 2.88. The topological polar surface area (TPSA) is 107 Å². The minimum atomic E-state index is -4.06. The summed E-state index contributed by atoms with van der Waals surface area (Å²) in [7, 11) is -2.49. The van der Waals surface area contributed by atoms with Gasteiger partial charge in [-0.3, -0.25) is 4.79 Å². The van der Waals surface area contributed by atoms with Crippen molar-refractivity contribution in [1.82, 2.24) is 14.6 Å². The Balaban J connectivity index is 1.65. The number of nitrogens with zero attached hydrogens (tertiary/aromatic N) is 2. The molecule has 1 fully saturated rings. The molecule has 0 aliphatic carbocycles. The molecule has 1 aromatic heterocycles. The Labute approximate surface area is 180 Å². The van der Waals surface area contributed by atoms with Crippen molar-refractivity contribution in [3.05, 3.63) is 53.5 Å². The van der Waals surface area contributed by atoms with Crippen molar-refractivity contribution in [2.75, 3.05) is 46.6 Å². The van der Waals surface area contributed by atoms with Gasteiger partial charge in [-0.2, -0.15) is 4.31 Å². The van der Waals surface area contributed by atoms with E-state index >= 15 is 0 Å².